The Hall–Kier alpha value is -5.50. The molecular formula is C36H35N3O5. The summed E-state index contributed by atoms with van der Waals surface area (Å²) < 4.78 is 25.5. The van der Waals surface area contributed by atoms with E-state index in [1.807, 2.05) is 60.7 Å². The summed E-state index contributed by atoms with van der Waals surface area (Å²) in [6.07, 6.45) is 3.91. The number of nitrogens with zero attached hydrogens (tertiary/aromatic N) is 2. The van der Waals surface area contributed by atoms with Crippen molar-refractivity contribution in [1.82, 2.24) is 9.99 Å². The number of allylic oxidation sites excluding steroid dienone is 1. The molecular weight excluding hydrogens is 554 g/mol. The molecule has 1 N–H and O–H groups in total. The van der Waals surface area contributed by atoms with Crippen molar-refractivity contribution in [3.05, 3.63) is 143 Å². The highest BCUT2D eigenvalue weighted by Gasteiger charge is 2.14. The van der Waals surface area contributed by atoms with Gasteiger partial charge in [0.15, 0.2) is 17.3 Å². The fourth-order valence-corrected chi connectivity index (χ4v) is 4.83. The van der Waals surface area contributed by atoms with Crippen LogP contribution in [0.3, 0.4) is 0 Å². The molecule has 0 bridgehead atoms. The van der Waals surface area contributed by atoms with E-state index in [4.69, 9.17) is 18.6 Å². The first-order chi connectivity index (χ1) is 21.4. The number of carbonyl (C=O) groups excluding carboxylic acids is 1. The molecule has 0 aliphatic carbocycles. The van der Waals surface area contributed by atoms with Gasteiger partial charge in [-0.15, -0.1) is 6.58 Å². The molecule has 0 aliphatic rings. The Morgan fingerprint density at radius 1 is 0.932 bits per heavy atom. The summed E-state index contributed by atoms with van der Waals surface area (Å²) in [7, 11) is 1.59. The molecule has 8 nitrogen and oxygen atoms in total. The normalized spacial score (nSPS) is 11.0. The van der Waals surface area contributed by atoms with E-state index in [-0.39, 0.29) is 12.4 Å². The highest BCUT2D eigenvalue weighted by Crippen LogP contribution is 2.34. The maximum Gasteiger partial charge on any atom is 0.307 e. The van der Waals surface area contributed by atoms with Crippen molar-refractivity contribution in [3.8, 4) is 22.9 Å². The number of aryl methyl sites for hydroxylation is 2. The van der Waals surface area contributed by atoms with Gasteiger partial charge in [-0.2, -0.15) is 5.10 Å². The van der Waals surface area contributed by atoms with E-state index in [0.29, 0.717) is 36.0 Å². The molecule has 2 heterocycles. The maximum atomic E-state index is 12.7. The average molecular weight is 590 g/mol. The molecule has 8 heteroatoms. The van der Waals surface area contributed by atoms with Gasteiger partial charge in [0, 0.05) is 22.6 Å². The molecule has 0 saturated carbocycles. The van der Waals surface area contributed by atoms with Crippen molar-refractivity contribution < 1.29 is 23.4 Å². The lowest BCUT2D eigenvalue weighted by molar-refractivity contribution is 0.0923. The summed E-state index contributed by atoms with van der Waals surface area (Å²) in [5.41, 5.74) is 8.59. The molecule has 0 atom stereocenters. The number of carbonyl (C=O) groups is 1. The number of hydrogen-bond donors (Lipinski definition) is 1. The topological polar surface area (TPSA) is 87.2 Å². The number of furan rings is 1. The molecule has 5 rings (SSSR count). The summed E-state index contributed by atoms with van der Waals surface area (Å²) in [5, 5.41) is 4.12. The number of hydrogen-bond acceptors (Lipinski definition) is 6. The molecule has 1 amide bonds. The van der Waals surface area contributed by atoms with Gasteiger partial charge >= 0.3 is 5.91 Å². The molecule has 44 heavy (non-hydrogen) atoms. The number of aromatic nitrogens is 1. The lowest BCUT2D eigenvalue weighted by atomic mass is 10.1. The predicted molar refractivity (Wildman–Crippen MR) is 171 cm³/mol. The minimum absolute atomic E-state index is 0.129. The molecule has 0 radical (unpaired) electrons. The number of methoxy groups -OCH3 is 1. The van der Waals surface area contributed by atoms with Gasteiger partial charge in [-0.1, -0.05) is 36.4 Å². The summed E-state index contributed by atoms with van der Waals surface area (Å²) in [5.74, 6) is 2.08. The predicted octanol–water partition coefficient (Wildman–Crippen LogP) is 7.35. The zero-order valence-electron chi connectivity index (χ0n) is 25.1. The van der Waals surface area contributed by atoms with Crippen molar-refractivity contribution in [3.63, 3.8) is 0 Å². The highest BCUT2D eigenvalue weighted by atomic mass is 16.5. The maximum absolute atomic E-state index is 12.7. The minimum Gasteiger partial charge on any atom is -0.493 e. The van der Waals surface area contributed by atoms with Gasteiger partial charge in [0.05, 0.1) is 13.3 Å². The van der Waals surface area contributed by atoms with Gasteiger partial charge in [-0.3, -0.25) is 4.79 Å². The van der Waals surface area contributed by atoms with Gasteiger partial charge in [0.2, 0.25) is 0 Å². The Morgan fingerprint density at radius 2 is 1.68 bits per heavy atom. The Morgan fingerprint density at radius 3 is 2.39 bits per heavy atom. The van der Waals surface area contributed by atoms with Crippen molar-refractivity contribution in [1.29, 1.82) is 0 Å². The van der Waals surface area contributed by atoms with Gasteiger partial charge in [0.25, 0.3) is 0 Å². The molecule has 5 aromatic rings. The van der Waals surface area contributed by atoms with Gasteiger partial charge in [-0.25, -0.2) is 5.43 Å². The Labute approximate surface area is 257 Å². The van der Waals surface area contributed by atoms with Crippen molar-refractivity contribution in [2.24, 2.45) is 5.10 Å². The molecule has 3 aromatic carbocycles. The summed E-state index contributed by atoms with van der Waals surface area (Å²) >= 11 is 0. The van der Waals surface area contributed by atoms with E-state index < -0.39 is 5.91 Å². The third-order valence-electron chi connectivity index (χ3n) is 6.98. The SMILES string of the molecule is C=CCc1cc(/C=N/NC(=O)c2ccc(COc3ccc(-n4c(C)ccc4C)cc3)o2)cc(OC)c1OCc1ccccc1. The zero-order valence-corrected chi connectivity index (χ0v) is 25.1. The second-order valence-corrected chi connectivity index (χ2v) is 10.2. The van der Waals surface area contributed by atoms with Gasteiger partial charge in [-0.05, 0) is 92.1 Å². The summed E-state index contributed by atoms with van der Waals surface area (Å²) in [6.45, 7) is 8.60. The van der Waals surface area contributed by atoms with Gasteiger partial charge in [0.1, 0.15) is 24.7 Å². The van der Waals surface area contributed by atoms with Crippen LogP contribution < -0.4 is 19.6 Å². The van der Waals surface area contributed by atoms with Crippen LogP contribution in [0.15, 0.2) is 113 Å². The van der Waals surface area contributed by atoms with Crippen LogP contribution >= 0.6 is 0 Å². The Balaban J connectivity index is 1.18. The van der Waals surface area contributed by atoms with Crippen LogP contribution in [0.25, 0.3) is 5.69 Å². The summed E-state index contributed by atoms with van der Waals surface area (Å²) in [6, 6.07) is 29.0. The van der Waals surface area contributed by atoms with E-state index in [0.717, 1.165) is 22.4 Å². The fraction of sp³-hybridized carbons (Fsp3) is 0.167. The fourth-order valence-electron chi connectivity index (χ4n) is 4.83. The van der Waals surface area contributed by atoms with Crippen LogP contribution in [-0.2, 0) is 19.6 Å². The zero-order chi connectivity index (χ0) is 30.9. The number of rotatable bonds is 13. The number of ether oxygens (including phenoxy) is 3. The average Bonchev–Trinajstić information content (AvgIpc) is 3.66. The minimum atomic E-state index is -0.476. The monoisotopic (exact) mass is 589 g/mol. The van der Waals surface area contributed by atoms with Crippen LogP contribution in [0.1, 0.15) is 44.4 Å². The number of hydrazone groups is 1. The second-order valence-electron chi connectivity index (χ2n) is 10.2. The van der Waals surface area contributed by atoms with E-state index in [1.54, 1.807) is 37.6 Å². The molecule has 0 unspecified atom stereocenters. The van der Waals surface area contributed by atoms with E-state index in [2.05, 4.69) is 47.7 Å². The van der Waals surface area contributed by atoms with Gasteiger partial charge < -0.3 is 23.2 Å². The molecule has 224 valence electrons. The molecule has 0 saturated heterocycles. The molecule has 0 spiro atoms. The quantitative estimate of drug-likeness (QED) is 0.0882. The molecule has 0 fully saturated rings. The first-order valence-corrected chi connectivity index (χ1v) is 14.2. The largest absolute Gasteiger partial charge is 0.493 e. The highest BCUT2D eigenvalue weighted by molar-refractivity contribution is 5.92. The Bertz CT molecular complexity index is 1730. The van der Waals surface area contributed by atoms with Crippen molar-refractivity contribution >= 4 is 12.1 Å². The number of nitrogens with one attached hydrogen (secondary N) is 1. The lowest BCUT2D eigenvalue weighted by Gasteiger charge is -2.15. The van der Waals surface area contributed by atoms with Crippen LogP contribution in [0, 0.1) is 13.8 Å². The first-order valence-electron chi connectivity index (χ1n) is 14.2. The first kappa shape index (κ1) is 30.0. The van der Waals surface area contributed by atoms with Crippen LogP contribution in [0.2, 0.25) is 0 Å². The van der Waals surface area contributed by atoms with Crippen molar-refractivity contribution in [2.75, 3.05) is 7.11 Å². The standard InChI is InChI=1S/C36H35N3O5/c1-5-9-29-20-28(21-34(41-4)35(29)43-23-27-10-7-6-8-11-27)22-37-38-36(40)33-19-18-32(44-33)24-42-31-16-14-30(15-17-31)39-25(2)12-13-26(39)3/h5-8,10-22H,1,9,23-24H2,2-4H3,(H,38,40)/b37-22+. The van der Waals surface area contributed by atoms with Crippen molar-refractivity contribution in [2.45, 2.75) is 33.5 Å². The second kappa shape index (κ2) is 14.1. The third-order valence-corrected chi connectivity index (χ3v) is 6.98. The molecule has 2 aromatic heterocycles. The molecule has 0 aliphatic heterocycles. The van der Waals surface area contributed by atoms with Crippen LogP contribution in [-0.4, -0.2) is 23.8 Å². The number of amides is 1. The lowest BCUT2D eigenvalue weighted by Crippen LogP contribution is -2.16. The third kappa shape index (κ3) is 7.28. The van der Waals surface area contributed by atoms with E-state index >= 15 is 0 Å². The number of benzene rings is 3. The Kier molecular flexibility index (Phi) is 9.61. The van der Waals surface area contributed by atoms with E-state index in [9.17, 15) is 4.79 Å². The smallest absolute Gasteiger partial charge is 0.307 e. The van der Waals surface area contributed by atoms with Crippen LogP contribution in [0.4, 0.5) is 0 Å². The summed E-state index contributed by atoms with van der Waals surface area (Å²) in [4.78, 5) is 12.7. The van der Waals surface area contributed by atoms with E-state index in [1.165, 1.54) is 11.4 Å². The van der Waals surface area contributed by atoms with Crippen LogP contribution in [0.5, 0.6) is 17.2 Å².